The van der Waals surface area contributed by atoms with Crippen LogP contribution in [-0.2, 0) is 19.9 Å². The largest absolute Gasteiger partial charge is 0.228 e. The van der Waals surface area contributed by atoms with Gasteiger partial charge in [0.05, 0.1) is 10.6 Å². The molecule has 1 aromatic rings. The van der Waals surface area contributed by atoms with E-state index < -0.39 is 30.9 Å². The molecule has 5 nitrogen and oxygen atoms in total. The maximum atomic E-state index is 13.1. The van der Waals surface area contributed by atoms with Crippen molar-refractivity contribution in [2.45, 2.75) is 16.6 Å². The Hall–Kier alpha value is -0.990. The average Bonchev–Trinajstić information content (AvgIpc) is 2.14. The number of primary sulfonamides is 1. The molecule has 0 amide bonds. The summed E-state index contributed by atoms with van der Waals surface area (Å²) in [7, 11) is -7.48. The number of sulfonamides is 1. The summed E-state index contributed by atoms with van der Waals surface area (Å²) in [6.07, 6.45) is -0.141. The van der Waals surface area contributed by atoms with Gasteiger partial charge in [-0.05, 0) is 30.2 Å². The summed E-state index contributed by atoms with van der Waals surface area (Å²) < 4.78 is 59.1. The molecule has 17 heavy (non-hydrogen) atoms. The van der Waals surface area contributed by atoms with E-state index in [1.54, 1.807) is 0 Å². The minimum absolute atomic E-state index is 0.0706. The van der Waals surface area contributed by atoms with Crippen LogP contribution in [0.5, 0.6) is 0 Å². The molecule has 94 valence electrons. The molecule has 0 bridgehead atoms. The summed E-state index contributed by atoms with van der Waals surface area (Å²) in [4.78, 5) is -0.149. The van der Waals surface area contributed by atoms with Crippen molar-refractivity contribution in [2.24, 2.45) is 5.14 Å². The van der Waals surface area contributed by atoms with Crippen molar-refractivity contribution in [2.75, 3.05) is 5.75 Å². The Morgan fingerprint density at radius 1 is 1.35 bits per heavy atom. The highest BCUT2D eigenvalue weighted by molar-refractivity contribution is 7.92. The van der Waals surface area contributed by atoms with E-state index in [0.29, 0.717) is 0 Å². The Balaban J connectivity index is 2.74. The first-order valence-electron chi connectivity index (χ1n) is 4.75. The summed E-state index contributed by atoms with van der Waals surface area (Å²) in [5.74, 6) is -0.985. The van der Waals surface area contributed by atoms with Crippen molar-refractivity contribution < 1.29 is 21.2 Å². The highest BCUT2D eigenvalue weighted by Crippen LogP contribution is 2.36. The van der Waals surface area contributed by atoms with Gasteiger partial charge in [-0.25, -0.2) is 26.4 Å². The SMILES string of the molecule is NS(=O)(=O)C1CCS(=O)(=O)c2ccc(F)cc21. The fourth-order valence-electron chi connectivity index (χ4n) is 1.92. The van der Waals surface area contributed by atoms with Crippen LogP contribution in [0.4, 0.5) is 4.39 Å². The highest BCUT2D eigenvalue weighted by Gasteiger charge is 2.36. The molecule has 8 heteroatoms. The number of rotatable bonds is 1. The molecule has 1 atom stereocenters. The van der Waals surface area contributed by atoms with Crippen molar-refractivity contribution in [3.05, 3.63) is 29.6 Å². The summed E-state index contributed by atoms with van der Waals surface area (Å²) in [5, 5.41) is 3.86. The Morgan fingerprint density at radius 3 is 2.59 bits per heavy atom. The molecule has 0 saturated heterocycles. The van der Waals surface area contributed by atoms with E-state index in [2.05, 4.69) is 0 Å². The Kier molecular flexibility index (Phi) is 2.75. The van der Waals surface area contributed by atoms with E-state index in [-0.39, 0.29) is 22.6 Å². The lowest BCUT2D eigenvalue weighted by atomic mass is 10.1. The fraction of sp³-hybridized carbons (Fsp3) is 0.333. The third-order valence-electron chi connectivity index (χ3n) is 2.70. The number of nitrogens with two attached hydrogens (primary N) is 1. The highest BCUT2D eigenvalue weighted by atomic mass is 32.2. The number of hydrogen-bond acceptors (Lipinski definition) is 4. The third-order valence-corrected chi connectivity index (χ3v) is 5.80. The standard InChI is InChI=1S/C9H10FNO4S2/c10-6-1-2-8-7(5-6)9(17(11,14)15)3-4-16(8,12)13/h1-2,5,9H,3-4H2,(H2,11,14,15). The zero-order valence-corrected chi connectivity index (χ0v) is 10.3. The van der Waals surface area contributed by atoms with Gasteiger partial charge in [-0.2, -0.15) is 0 Å². The van der Waals surface area contributed by atoms with Crippen molar-refractivity contribution in [3.63, 3.8) is 0 Å². The van der Waals surface area contributed by atoms with Gasteiger partial charge in [-0.1, -0.05) is 0 Å². The Morgan fingerprint density at radius 2 is 2.00 bits per heavy atom. The number of benzene rings is 1. The van der Waals surface area contributed by atoms with Gasteiger partial charge in [0.25, 0.3) is 0 Å². The second kappa shape index (κ2) is 3.76. The van der Waals surface area contributed by atoms with Crippen LogP contribution in [0.15, 0.2) is 23.1 Å². The van der Waals surface area contributed by atoms with Crippen LogP contribution in [0.2, 0.25) is 0 Å². The molecule has 0 saturated carbocycles. The number of sulfone groups is 1. The molecule has 0 aliphatic carbocycles. The Labute approximate surface area is 98.4 Å². The molecule has 2 rings (SSSR count). The minimum Gasteiger partial charge on any atom is -0.228 e. The first-order valence-corrected chi connectivity index (χ1v) is 8.02. The van der Waals surface area contributed by atoms with Crippen molar-refractivity contribution >= 4 is 19.9 Å². The van der Waals surface area contributed by atoms with E-state index >= 15 is 0 Å². The van der Waals surface area contributed by atoms with Gasteiger partial charge < -0.3 is 0 Å². The van der Waals surface area contributed by atoms with Crippen molar-refractivity contribution in [3.8, 4) is 0 Å². The molecule has 1 aliphatic heterocycles. The topological polar surface area (TPSA) is 94.3 Å². The lowest BCUT2D eigenvalue weighted by Crippen LogP contribution is -2.29. The zero-order valence-electron chi connectivity index (χ0n) is 8.63. The van der Waals surface area contributed by atoms with E-state index in [1.165, 1.54) is 0 Å². The van der Waals surface area contributed by atoms with Crippen LogP contribution in [0, 0.1) is 5.82 Å². The third kappa shape index (κ3) is 2.20. The summed E-state index contributed by atoms with van der Waals surface area (Å²) in [6.45, 7) is 0. The first kappa shape index (κ1) is 12.5. The molecule has 0 spiro atoms. The van der Waals surface area contributed by atoms with Gasteiger partial charge in [0.1, 0.15) is 11.1 Å². The van der Waals surface area contributed by atoms with Gasteiger partial charge >= 0.3 is 0 Å². The smallest absolute Gasteiger partial charge is 0.216 e. The normalized spacial score (nSPS) is 23.1. The predicted molar refractivity (Wildman–Crippen MR) is 58.9 cm³/mol. The molecule has 1 unspecified atom stereocenters. The average molecular weight is 279 g/mol. The minimum atomic E-state index is -3.94. The Bertz CT molecular complexity index is 666. The lowest BCUT2D eigenvalue weighted by molar-refractivity contribution is 0.562. The van der Waals surface area contributed by atoms with Gasteiger partial charge in [0, 0.05) is 0 Å². The molecule has 1 heterocycles. The van der Waals surface area contributed by atoms with E-state index in [1.807, 2.05) is 0 Å². The second-order valence-electron chi connectivity index (χ2n) is 3.87. The van der Waals surface area contributed by atoms with Crippen LogP contribution in [0.3, 0.4) is 0 Å². The zero-order chi connectivity index (χ0) is 12.8. The van der Waals surface area contributed by atoms with Gasteiger partial charge in [-0.3, -0.25) is 0 Å². The maximum absolute atomic E-state index is 13.1. The van der Waals surface area contributed by atoms with E-state index in [0.717, 1.165) is 18.2 Å². The molecule has 1 aromatic carbocycles. The first-order chi connectivity index (χ1) is 7.72. The molecule has 1 aliphatic rings. The van der Waals surface area contributed by atoms with Crippen LogP contribution in [-0.4, -0.2) is 22.6 Å². The summed E-state index contributed by atoms with van der Waals surface area (Å²) in [5.41, 5.74) is -0.0706. The molecular formula is C9H10FNO4S2. The monoisotopic (exact) mass is 279 g/mol. The second-order valence-corrected chi connectivity index (χ2v) is 7.69. The molecule has 0 radical (unpaired) electrons. The maximum Gasteiger partial charge on any atom is 0.216 e. The van der Waals surface area contributed by atoms with E-state index in [4.69, 9.17) is 5.14 Å². The van der Waals surface area contributed by atoms with Crippen LogP contribution < -0.4 is 5.14 Å². The number of halogens is 1. The number of fused-ring (bicyclic) bond motifs is 1. The van der Waals surface area contributed by atoms with E-state index in [9.17, 15) is 21.2 Å². The predicted octanol–water partition coefficient (Wildman–Crippen LogP) is 0.333. The van der Waals surface area contributed by atoms with Gasteiger partial charge in [-0.15, -0.1) is 0 Å². The van der Waals surface area contributed by atoms with Crippen LogP contribution in [0.25, 0.3) is 0 Å². The van der Waals surface area contributed by atoms with Gasteiger partial charge in [0.15, 0.2) is 9.84 Å². The summed E-state index contributed by atoms with van der Waals surface area (Å²) >= 11 is 0. The lowest BCUT2D eigenvalue weighted by Gasteiger charge is -2.23. The number of hydrogen-bond donors (Lipinski definition) is 1. The molecule has 2 N–H and O–H groups in total. The fourth-order valence-corrected chi connectivity index (χ4v) is 4.74. The summed E-state index contributed by atoms with van der Waals surface area (Å²) in [6, 6.07) is 2.99. The molecular weight excluding hydrogens is 269 g/mol. The molecule has 0 fully saturated rings. The van der Waals surface area contributed by atoms with Crippen molar-refractivity contribution in [1.82, 2.24) is 0 Å². The quantitative estimate of drug-likeness (QED) is 0.750. The van der Waals surface area contributed by atoms with Crippen LogP contribution >= 0.6 is 0 Å². The molecule has 0 aromatic heterocycles. The van der Waals surface area contributed by atoms with Crippen LogP contribution in [0.1, 0.15) is 17.2 Å². The van der Waals surface area contributed by atoms with Gasteiger partial charge in [0.2, 0.25) is 10.0 Å². The van der Waals surface area contributed by atoms with Crippen molar-refractivity contribution in [1.29, 1.82) is 0 Å².